The Morgan fingerprint density at radius 2 is 1.78 bits per heavy atom. The zero-order chi connectivity index (χ0) is 13.0. The fourth-order valence-corrected chi connectivity index (χ4v) is 2.07. The first-order valence-electron chi connectivity index (χ1n) is 5.80. The average Bonchev–Trinajstić information content (AvgIpc) is 2.39. The van der Waals surface area contributed by atoms with Gasteiger partial charge in [-0.25, -0.2) is 0 Å². The maximum Gasteiger partial charge on any atom is 0.193 e. The highest BCUT2D eigenvalue weighted by atomic mass is 79.9. The first-order valence-corrected chi connectivity index (χ1v) is 6.59. The number of hydrogen-bond acceptors (Lipinski definition) is 2. The second-order valence-electron chi connectivity index (χ2n) is 4.08. The maximum atomic E-state index is 12.3. The molecule has 92 valence electrons. The molecule has 0 aliphatic carbocycles. The Labute approximate surface area is 115 Å². The van der Waals surface area contributed by atoms with Crippen LogP contribution in [0.3, 0.4) is 0 Å². The Hall–Kier alpha value is -1.45. The SMILES string of the molecule is NCCc1cccc(C(=O)c2ccc(Br)cc2)c1. The van der Waals surface area contributed by atoms with E-state index in [0.29, 0.717) is 17.7 Å². The minimum absolute atomic E-state index is 0.0429. The Balaban J connectivity index is 2.28. The lowest BCUT2D eigenvalue weighted by Gasteiger charge is -2.04. The van der Waals surface area contributed by atoms with Gasteiger partial charge in [-0.2, -0.15) is 0 Å². The Bertz CT molecular complexity index is 549. The van der Waals surface area contributed by atoms with E-state index < -0.39 is 0 Å². The molecule has 0 bridgehead atoms. The third-order valence-electron chi connectivity index (χ3n) is 2.73. The van der Waals surface area contributed by atoms with Crippen molar-refractivity contribution in [2.45, 2.75) is 6.42 Å². The molecule has 18 heavy (non-hydrogen) atoms. The molecule has 0 heterocycles. The monoisotopic (exact) mass is 303 g/mol. The number of ketones is 1. The van der Waals surface area contributed by atoms with Crippen molar-refractivity contribution in [3.8, 4) is 0 Å². The number of rotatable bonds is 4. The summed E-state index contributed by atoms with van der Waals surface area (Å²) >= 11 is 3.36. The van der Waals surface area contributed by atoms with Crippen LogP contribution in [0.25, 0.3) is 0 Å². The lowest BCUT2D eigenvalue weighted by Crippen LogP contribution is -2.05. The van der Waals surface area contributed by atoms with Gasteiger partial charge in [0.05, 0.1) is 0 Å². The summed E-state index contributed by atoms with van der Waals surface area (Å²) < 4.78 is 0.968. The number of benzene rings is 2. The van der Waals surface area contributed by atoms with Gasteiger partial charge in [0.25, 0.3) is 0 Å². The average molecular weight is 304 g/mol. The zero-order valence-electron chi connectivity index (χ0n) is 9.90. The minimum Gasteiger partial charge on any atom is -0.330 e. The van der Waals surface area contributed by atoms with E-state index in [1.165, 1.54) is 0 Å². The standard InChI is InChI=1S/C15H14BrNO/c16-14-6-4-12(5-7-14)15(18)13-3-1-2-11(10-13)8-9-17/h1-7,10H,8-9,17H2. The van der Waals surface area contributed by atoms with E-state index in [0.717, 1.165) is 16.5 Å². The van der Waals surface area contributed by atoms with Gasteiger partial charge >= 0.3 is 0 Å². The van der Waals surface area contributed by atoms with E-state index in [9.17, 15) is 4.79 Å². The van der Waals surface area contributed by atoms with E-state index in [1.807, 2.05) is 48.5 Å². The quantitative estimate of drug-likeness (QED) is 0.882. The van der Waals surface area contributed by atoms with Gasteiger partial charge in [0.15, 0.2) is 5.78 Å². The zero-order valence-corrected chi connectivity index (χ0v) is 11.5. The summed E-state index contributed by atoms with van der Waals surface area (Å²) in [7, 11) is 0. The van der Waals surface area contributed by atoms with E-state index in [-0.39, 0.29) is 5.78 Å². The summed E-state index contributed by atoms with van der Waals surface area (Å²) in [6.45, 7) is 0.593. The van der Waals surface area contributed by atoms with Crippen molar-refractivity contribution in [2.24, 2.45) is 5.73 Å². The van der Waals surface area contributed by atoms with E-state index >= 15 is 0 Å². The number of halogens is 1. The fraction of sp³-hybridized carbons (Fsp3) is 0.133. The lowest BCUT2D eigenvalue weighted by molar-refractivity contribution is 0.103. The molecule has 0 saturated heterocycles. The summed E-state index contributed by atoms with van der Waals surface area (Å²) in [5, 5.41) is 0. The molecule has 2 nitrogen and oxygen atoms in total. The molecule has 2 aromatic rings. The van der Waals surface area contributed by atoms with Crippen molar-refractivity contribution in [3.63, 3.8) is 0 Å². The Morgan fingerprint density at radius 3 is 2.44 bits per heavy atom. The van der Waals surface area contributed by atoms with Crippen LogP contribution in [-0.2, 0) is 6.42 Å². The number of hydrogen-bond donors (Lipinski definition) is 1. The first kappa shape index (κ1) is 13.0. The second-order valence-corrected chi connectivity index (χ2v) is 4.99. The number of carbonyl (C=O) groups excluding carboxylic acids is 1. The van der Waals surface area contributed by atoms with Gasteiger partial charge in [-0.05, 0) is 48.9 Å². The van der Waals surface area contributed by atoms with Gasteiger partial charge in [0.2, 0.25) is 0 Å². The van der Waals surface area contributed by atoms with Crippen LogP contribution in [0.2, 0.25) is 0 Å². The third kappa shape index (κ3) is 3.06. The summed E-state index contributed by atoms with van der Waals surface area (Å²) in [5.41, 5.74) is 8.03. The van der Waals surface area contributed by atoms with Crippen LogP contribution in [0, 0.1) is 0 Å². The van der Waals surface area contributed by atoms with Crippen LogP contribution >= 0.6 is 15.9 Å². The van der Waals surface area contributed by atoms with Gasteiger partial charge < -0.3 is 5.73 Å². The summed E-state index contributed by atoms with van der Waals surface area (Å²) in [5.74, 6) is 0.0429. The lowest BCUT2D eigenvalue weighted by atomic mass is 10.0. The molecule has 0 spiro atoms. The third-order valence-corrected chi connectivity index (χ3v) is 3.26. The summed E-state index contributed by atoms with van der Waals surface area (Å²) in [6.07, 6.45) is 0.793. The van der Waals surface area contributed by atoms with Crippen molar-refractivity contribution in [1.29, 1.82) is 0 Å². The minimum atomic E-state index is 0.0429. The molecule has 2 aromatic carbocycles. The fourth-order valence-electron chi connectivity index (χ4n) is 1.80. The van der Waals surface area contributed by atoms with Crippen LogP contribution in [-0.4, -0.2) is 12.3 Å². The smallest absolute Gasteiger partial charge is 0.193 e. The van der Waals surface area contributed by atoms with Crippen LogP contribution in [0.15, 0.2) is 53.0 Å². The van der Waals surface area contributed by atoms with E-state index in [2.05, 4.69) is 15.9 Å². The molecule has 3 heteroatoms. The largest absolute Gasteiger partial charge is 0.330 e. The van der Waals surface area contributed by atoms with E-state index in [1.54, 1.807) is 0 Å². The topological polar surface area (TPSA) is 43.1 Å². The molecule has 0 aliphatic heterocycles. The molecule has 0 amide bonds. The summed E-state index contributed by atoms with van der Waals surface area (Å²) in [6, 6.07) is 15.0. The van der Waals surface area contributed by atoms with Crippen molar-refractivity contribution >= 4 is 21.7 Å². The highest BCUT2D eigenvalue weighted by molar-refractivity contribution is 9.10. The Kier molecular flexibility index (Phi) is 4.28. The second kappa shape index (κ2) is 5.94. The molecule has 2 rings (SSSR count). The first-order chi connectivity index (χ1) is 8.70. The van der Waals surface area contributed by atoms with Crippen LogP contribution in [0.5, 0.6) is 0 Å². The Morgan fingerprint density at radius 1 is 1.06 bits per heavy atom. The van der Waals surface area contributed by atoms with Gasteiger partial charge in [-0.1, -0.05) is 34.1 Å². The summed E-state index contributed by atoms with van der Waals surface area (Å²) in [4.78, 5) is 12.3. The predicted molar refractivity (Wildman–Crippen MR) is 76.8 cm³/mol. The van der Waals surface area contributed by atoms with Crippen molar-refractivity contribution in [1.82, 2.24) is 0 Å². The van der Waals surface area contributed by atoms with Crippen LogP contribution in [0.1, 0.15) is 21.5 Å². The van der Waals surface area contributed by atoms with Gasteiger partial charge in [-0.3, -0.25) is 4.79 Å². The molecule has 0 fully saturated rings. The number of nitrogens with two attached hydrogens (primary N) is 1. The van der Waals surface area contributed by atoms with Crippen molar-refractivity contribution < 1.29 is 4.79 Å². The van der Waals surface area contributed by atoms with Crippen LogP contribution in [0.4, 0.5) is 0 Å². The van der Waals surface area contributed by atoms with Gasteiger partial charge in [0.1, 0.15) is 0 Å². The van der Waals surface area contributed by atoms with Gasteiger partial charge in [0, 0.05) is 15.6 Å². The predicted octanol–water partition coefficient (Wildman–Crippen LogP) is 3.18. The molecule has 2 N–H and O–H groups in total. The van der Waals surface area contributed by atoms with Crippen LogP contribution < -0.4 is 5.73 Å². The molecular formula is C15H14BrNO. The maximum absolute atomic E-state index is 12.3. The molecular weight excluding hydrogens is 290 g/mol. The van der Waals surface area contributed by atoms with Crippen molar-refractivity contribution in [2.75, 3.05) is 6.54 Å². The molecule has 0 aromatic heterocycles. The highest BCUT2D eigenvalue weighted by Crippen LogP contribution is 2.15. The van der Waals surface area contributed by atoms with Crippen molar-refractivity contribution in [3.05, 3.63) is 69.7 Å². The van der Waals surface area contributed by atoms with Gasteiger partial charge in [-0.15, -0.1) is 0 Å². The number of carbonyl (C=O) groups is 1. The molecule has 0 atom stereocenters. The highest BCUT2D eigenvalue weighted by Gasteiger charge is 2.09. The normalized spacial score (nSPS) is 10.3. The molecule has 0 saturated carbocycles. The van der Waals surface area contributed by atoms with E-state index in [4.69, 9.17) is 5.73 Å². The molecule has 0 aliphatic rings. The molecule has 0 unspecified atom stereocenters. The molecule has 0 radical (unpaired) electrons.